The van der Waals surface area contributed by atoms with Crippen LogP contribution in [-0.2, 0) is 16.1 Å². The number of hydrogen-bond donors (Lipinski definition) is 2. The van der Waals surface area contributed by atoms with Crippen LogP contribution >= 0.6 is 0 Å². The Bertz CT molecular complexity index is 920. The number of aliphatic hydroxyl groups is 1. The number of aliphatic hydroxyl groups excluding tert-OH is 1. The molecule has 1 aromatic carbocycles. The third-order valence-electron chi connectivity index (χ3n) is 4.74. The summed E-state index contributed by atoms with van der Waals surface area (Å²) in [5, 5.41) is 19.9. The molecule has 0 spiro atoms. The Hall–Kier alpha value is -3.07. The Kier molecular flexibility index (Phi) is 3.80. The molecule has 2 unspecified atom stereocenters. The quantitative estimate of drug-likeness (QED) is 0.753. The lowest BCUT2D eigenvalue weighted by Gasteiger charge is -2.29. The van der Waals surface area contributed by atoms with Gasteiger partial charge in [0.15, 0.2) is 0 Å². The van der Waals surface area contributed by atoms with Crippen molar-refractivity contribution in [3.05, 3.63) is 41.2 Å². The number of piperidine rings is 1. The minimum atomic E-state index is -0.748. The number of carbonyl (C=O) groups excluding carboxylic acids is 3. The largest absolute Gasteiger partial charge is 0.387 e. The number of hydrogen-bond acceptors (Lipinski definition) is 6. The van der Waals surface area contributed by atoms with Gasteiger partial charge in [-0.25, -0.2) is 4.68 Å². The Balaban J connectivity index is 1.68. The summed E-state index contributed by atoms with van der Waals surface area (Å²) >= 11 is 0. The summed E-state index contributed by atoms with van der Waals surface area (Å²) in [5.41, 5.74) is 2.34. The van der Waals surface area contributed by atoms with Crippen molar-refractivity contribution >= 4 is 17.7 Å². The number of nitrogens with one attached hydrogen (secondary N) is 1. The fraction of sp³-hybridized carbons (Fsp3) is 0.353. The maximum absolute atomic E-state index is 12.8. The zero-order chi connectivity index (χ0) is 18.4. The van der Waals surface area contributed by atoms with Crippen LogP contribution in [0.5, 0.6) is 0 Å². The third kappa shape index (κ3) is 2.57. The number of carbonyl (C=O) groups is 3. The molecule has 26 heavy (non-hydrogen) atoms. The zero-order valence-corrected chi connectivity index (χ0v) is 14.0. The van der Waals surface area contributed by atoms with E-state index < -0.39 is 18.1 Å². The molecular formula is C17H17N5O4. The Morgan fingerprint density at radius 3 is 2.81 bits per heavy atom. The SMILES string of the molecule is CC(O)c1cn(-c2cccc3c2CN(C2CCC(=O)NC2=O)C3=O)nn1. The highest BCUT2D eigenvalue weighted by Crippen LogP contribution is 2.31. The highest BCUT2D eigenvalue weighted by atomic mass is 16.3. The van der Waals surface area contributed by atoms with Crippen molar-refractivity contribution in [1.29, 1.82) is 0 Å². The van der Waals surface area contributed by atoms with Gasteiger partial charge in [0.25, 0.3) is 5.91 Å². The lowest BCUT2D eigenvalue weighted by Crippen LogP contribution is -2.52. The molecule has 1 aromatic heterocycles. The number of nitrogens with zero attached hydrogens (tertiary/aromatic N) is 4. The van der Waals surface area contributed by atoms with E-state index in [9.17, 15) is 19.5 Å². The topological polar surface area (TPSA) is 117 Å². The molecule has 2 aliphatic rings. The fourth-order valence-electron chi connectivity index (χ4n) is 3.37. The van der Waals surface area contributed by atoms with E-state index in [0.717, 1.165) is 5.56 Å². The molecule has 2 aromatic rings. The van der Waals surface area contributed by atoms with Crippen LogP contribution in [0.25, 0.3) is 5.69 Å². The summed E-state index contributed by atoms with van der Waals surface area (Å²) in [4.78, 5) is 37.8. The van der Waals surface area contributed by atoms with Gasteiger partial charge in [-0.2, -0.15) is 0 Å². The molecule has 0 aliphatic carbocycles. The molecule has 2 N–H and O–H groups in total. The van der Waals surface area contributed by atoms with Crippen LogP contribution in [0.2, 0.25) is 0 Å². The number of fused-ring (bicyclic) bond motifs is 1. The molecule has 0 saturated carbocycles. The molecule has 0 radical (unpaired) electrons. The highest BCUT2D eigenvalue weighted by molar-refractivity contribution is 6.05. The Morgan fingerprint density at radius 1 is 1.31 bits per heavy atom. The van der Waals surface area contributed by atoms with Crippen LogP contribution in [-0.4, -0.2) is 48.8 Å². The van der Waals surface area contributed by atoms with Gasteiger partial charge < -0.3 is 10.0 Å². The van der Waals surface area contributed by atoms with E-state index in [1.54, 1.807) is 31.3 Å². The van der Waals surface area contributed by atoms with E-state index in [1.165, 1.54) is 9.58 Å². The summed E-state index contributed by atoms with van der Waals surface area (Å²) < 4.78 is 1.52. The van der Waals surface area contributed by atoms with Gasteiger partial charge in [0.1, 0.15) is 11.7 Å². The number of amides is 3. The monoisotopic (exact) mass is 355 g/mol. The van der Waals surface area contributed by atoms with E-state index >= 15 is 0 Å². The molecule has 1 saturated heterocycles. The summed E-state index contributed by atoms with van der Waals surface area (Å²) in [6, 6.07) is 4.59. The maximum atomic E-state index is 12.8. The average Bonchev–Trinajstić information content (AvgIpc) is 3.21. The maximum Gasteiger partial charge on any atom is 0.255 e. The third-order valence-corrected chi connectivity index (χ3v) is 4.74. The van der Waals surface area contributed by atoms with Crippen LogP contribution in [0, 0.1) is 0 Å². The number of benzene rings is 1. The molecule has 3 heterocycles. The van der Waals surface area contributed by atoms with Gasteiger partial charge in [-0.1, -0.05) is 11.3 Å². The van der Waals surface area contributed by atoms with E-state index in [1.807, 2.05) is 0 Å². The van der Waals surface area contributed by atoms with Gasteiger partial charge in [0, 0.05) is 24.1 Å². The molecule has 2 aliphatic heterocycles. The summed E-state index contributed by atoms with van der Waals surface area (Å²) in [6.07, 6.45) is 1.39. The molecule has 9 nitrogen and oxygen atoms in total. The first-order chi connectivity index (χ1) is 12.5. The normalized spacial score (nSPS) is 20.9. The molecule has 1 fully saturated rings. The van der Waals surface area contributed by atoms with Gasteiger partial charge in [-0.15, -0.1) is 5.10 Å². The van der Waals surface area contributed by atoms with Crippen molar-refractivity contribution in [3.8, 4) is 5.69 Å². The second-order valence-electron chi connectivity index (χ2n) is 6.47. The second kappa shape index (κ2) is 6.03. The average molecular weight is 355 g/mol. The van der Waals surface area contributed by atoms with Crippen molar-refractivity contribution in [2.75, 3.05) is 0 Å². The van der Waals surface area contributed by atoms with Crippen LogP contribution in [0.3, 0.4) is 0 Å². The first-order valence-corrected chi connectivity index (χ1v) is 8.33. The predicted molar refractivity (Wildman–Crippen MR) is 88.0 cm³/mol. The first-order valence-electron chi connectivity index (χ1n) is 8.33. The summed E-state index contributed by atoms with van der Waals surface area (Å²) in [6.45, 7) is 1.85. The van der Waals surface area contributed by atoms with Crippen LogP contribution in [0.1, 0.15) is 47.5 Å². The van der Waals surface area contributed by atoms with Crippen molar-refractivity contribution in [2.45, 2.75) is 38.5 Å². The van der Waals surface area contributed by atoms with Gasteiger partial charge in [0.2, 0.25) is 11.8 Å². The second-order valence-corrected chi connectivity index (χ2v) is 6.47. The lowest BCUT2D eigenvalue weighted by molar-refractivity contribution is -0.136. The van der Waals surface area contributed by atoms with E-state index in [2.05, 4.69) is 15.6 Å². The first kappa shape index (κ1) is 16.4. The van der Waals surface area contributed by atoms with Crippen molar-refractivity contribution < 1.29 is 19.5 Å². The van der Waals surface area contributed by atoms with Gasteiger partial charge >= 0.3 is 0 Å². The van der Waals surface area contributed by atoms with Gasteiger partial charge in [0.05, 0.1) is 18.0 Å². The molecule has 3 amide bonds. The predicted octanol–water partition coefficient (Wildman–Crippen LogP) is 0.0816. The number of rotatable bonds is 3. The molecule has 2 atom stereocenters. The molecule has 0 bridgehead atoms. The molecule has 9 heteroatoms. The zero-order valence-electron chi connectivity index (χ0n) is 14.0. The van der Waals surface area contributed by atoms with E-state index in [-0.39, 0.29) is 24.8 Å². The Morgan fingerprint density at radius 2 is 2.12 bits per heavy atom. The number of imide groups is 1. The fourth-order valence-corrected chi connectivity index (χ4v) is 3.37. The summed E-state index contributed by atoms with van der Waals surface area (Å²) in [5.74, 6) is -1.00. The molecule has 134 valence electrons. The van der Waals surface area contributed by atoms with Gasteiger partial charge in [-0.05, 0) is 25.5 Å². The minimum absolute atomic E-state index is 0.213. The van der Waals surface area contributed by atoms with Crippen LogP contribution in [0.4, 0.5) is 0 Å². The molecule has 4 rings (SSSR count). The van der Waals surface area contributed by atoms with Crippen LogP contribution < -0.4 is 5.32 Å². The van der Waals surface area contributed by atoms with Crippen molar-refractivity contribution in [2.24, 2.45) is 0 Å². The lowest BCUT2D eigenvalue weighted by atomic mass is 10.0. The van der Waals surface area contributed by atoms with Crippen molar-refractivity contribution in [3.63, 3.8) is 0 Å². The standard InChI is InChI=1S/C17H17N5O4/c1-9(23)12-8-22(20-19-12)13-4-2-3-10-11(13)7-21(17(10)26)14-5-6-15(24)18-16(14)25/h2-4,8-9,14,23H,5-7H2,1H3,(H,18,24,25). The van der Waals surface area contributed by atoms with E-state index in [0.29, 0.717) is 23.4 Å². The number of aromatic nitrogens is 3. The molecular weight excluding hydrogens is 338 g/mol. The summed E-state index contributed by atoms with van der Waals surface area (Å²) in [7, 11) is 0. The highest BCUT2D eigenvalue weighted by Gasteiger charge is 2.40. The van der Waals surface area contributed by atoms with E-state index in [4.69, 9.17) is 0 Å². The smallest absolute Gasteiger partial charge is 0.255 e. The van der Waals surface area contributed by atoms with Crippen molar-refractivity contribution in [1.82, 2.24) is 25.2 Å². The van der Waals surface area contributed by atoms with Crippen LogP contribution in [0.15, 0.2) is 24.4 Å². The minimum Gasteiger partial charge on any atom is -0.387 e. The van der Waals surface area contributed by atoms with Gasteiger partial charge in [-0.3, -0.25) is 19.7 Å². The Labute approximate surface area is 148 Å².